The zero-order valence-corrected chi connectivity index (χ0v) is 14.8. The highest BCUT2D eigenvalue weighted by atomic mass is 16.5. The molecule has 0 amide bonds. The number of aliphatic carboxylic acids is 1. The number of hydrogen-bond donors (Lipinski definition) is 2. The predicted molar refractivity (Wildman–Crippen MR) is 97.2 cm³/mol. The number of phenols is 1. The normalized spacial score (nSPS) is 26.2. The topological polar surface area (TPSA) is 66.8 Å². The van der Waals surface area contributed by atoms with E-state index in [4.69, 9.17) is 8.85 Å². The van der Waals surface area contributed by atoms with Gasteiger partial charge in [-0.05, 0) is 57.2 Å². The van der Waals surface area contributed by atoms with Crippen LogP contribution in [0.1, 0.15) is 74.0 Å². The summed E-state index contributed by atoms with van der Waals surface area (Å²) in [5.41, 5.74) is 1.48. The van der Waals surface area contributed by atoms with Gasteiger partial charge in [-0.25, -0.2) is 4.79 Å². The number of phenolic OH excluding ortho intramolecular Hbond substituents is 1. The molecule has 4 heteroatoms. The van der Waals surface area contributed by atoms with Crippen molar-refractivity contribution in [2.45, 2.75) is 70.7 Å². The number of allylic oxidation sites excluding steroid dienone is 1. The maximum Gasteiger partial charge on any atom is 0.331 e. The second-order valence-electron chi connectivity index (χ2n) is 7.61. The Balaban J connectivity index is 1.87. The van der Waals surface area contributed by atoms with Crippen LogP contribution in [0.5, 0.6) is 11.5 Å². The lowest BCUT2D eigenvalue weighted by atomic mass is 9.67. The number of aromatic hydroxyl groups is 1. The Hall–Kier alpha value is -1.97. The molecular weight excluding hydrogens is 316 g/mol. The van der Waals surface area contributed by atoms with E-state index in [-0.39, 0.29) is 24.0 Å². The van der Waals surface area contributed by atoms with Gasteiger partial charge in [0, 0.05) is 27.1 Å². The molecule has 1 aromatic carbocycles. The van der Waals surface area contributed by atoms with Crippen LogP contribution >= 0.6 is 0 Å². The van der Waals surface area contributed by atoms with E-state index in [1.54, 1.807) is 12.1 Å². The van der Waals surface area contributed by atoms with Gasteiger partial charge in [-0.2, -0.15) is 0 Å². The smallest absolute Gasteiger partial charge is 0.331 e. The molecule has 1 aliphatic heterocycles. The Morgan fingerprint density at radius 2 is 2.20 bits per heavy atom. The van der Waals surface area contributed by atoms with Crippen LogP contribution in [-0.2, 0) is 11.2 Å². The van der Waals surface area contributed by atoms with Gasteiger partial charge in [0.25, 0.3) is 0 Å². The number of carboxylic acid groups (broad SMARTS) is 1. The Kier molecular flexibility index (Phi) is 3.83. The molecule has 4 nitrogen and oxygen atoms in total. The van der Waals surface area contributed by atoms with Crippen molar-refractivity contribution < 1.29 is 23.9 Å². The van der Waals surface area contributed by atoms with Gasteiger partial charge in [-0.1, -0.05) is 25.8 Å². The van der Waals surface area contributed by atoms with E-state index in [0.717, 1.165) is 12.0 Å². The highest BCUT2D eigenvalue weighted by molar-refractivity contribution is 5.87. The molecule has 0 radical (unpaired) electrons. The molecule has 0 aromatic heterocycles. The number of ether oxygens (including phenoxy) is 1. The molecule has 0 saturated heterocycles. The molecule has 1 aromatic rings. The van der Waals surface area contributed by atoms with Crippen molar-refractivity contribution in [1.29, 1.82) is 0 Å². The third-order valence-electron chi connectivity index (χ3n) is 5.49. The highest BCUT2D eigenvalue weighted by Crippen LogP contribution is 2.53. The first-order valence-electron chi connectivity index (χ1n) is 10.5. The van der Waals surface area contributed by atoms with Gasteiger partial charge in [0.05, 0.1) is 0 Å². The number of hydrogen-bond acceptors (Lipinski definition) is 3. The monoisotopic (exact) mass is 347 g/mol. The second kappa shape index (κ2) is 6.74. The van der Waals surface area contributed by atoms with Crippen molar-refractivity contribution >= 4 is 5.97 Å². The molecule has 25 heavy (non-hydrogen) atoms. The standard InChI is InChI=1S/C21H28O4/c1-4-5-6-7-13-10-17(22)19-15-12-14(20(23)24)8-9-16(15)21(2,3)25-18(19)11-13/h10-12,15-16,22H,4-9H2,1-3H3,(H,23,24)/t15-,16-/m1/s1/i1D3. The molecule has 0 saturated carbocycles. The lowest BCUT2D eigenvalue weighted by Gasteiger charge is -2.46. The van der Waals surface area contributed by atoms with E-state index >= 15 is 0 Å². The molecule has 0 spiro atoms. The van der Waals surface area contributed by atoms with Crippen LogP contribution < -0.4 is 4.74 Å². The van der Waals surface area contributed by atoms with Crippen molar-refractivity contribution in [1.82, 2.24) is 0 Å². The van der Waals surface area contributed by atoms with Gasteiger partial charge in [0.15, 0.2) is 0 Å². The van der Waals surface area contributed by atoms with Crippen molar-refractivity contribution in [2.75, 3.05) is 0 Å². The molecule has 1 aliphatic carbocycles. The summed E-state index contributed by atoms with van der Waals surface area (Å²) >= 11 is 0. The molecule has 2 aliphatic rings. The van der Waals surface area contributed by atoms with Crippen molar-refractivity contribution in [3.05, 3.63) is 34.9 Å². The Bertz CT molecular complexity index is 796. The predicted octanol–water partition coefficient (Wildman–Crippen LogP) is 4.80. The largest absolute Gasteiger partial charge is 0.507 e. The summed E-state index contributed by atoms with van der Waals surface area (Å²) < 4.78 is 28.1. The van der Waals surface area contributed by atoms with E-state index in [1.165, 1.54) is 0 Å². The zero-order valence-electron chi connectivity index (χ0n) is 17.8. The van der Waals surface area contributed by atoms with E-state index in [1.807, 2.05) is 19.9 Å². The number of carbonyl (C=O) groups is 1. The number of fused-ring (bicyclic) bond motifs is 3. The minimum Gasteiger partial charge on any atom is -0.507 e. The van der Waals surface area contributed by atoms with E-state index in [0.29, 0.717) is 42.6 Å². The Morgan fingerprint density at radius 3 is 2.92 bits per heavy atom. The van der Waals surface area contributed by atoms with Gasteiger partial charge in [-0.15, -0.1) is 0 Å². The number of benzene rings is 1. The molecule has 1 heterocycles. The molecule has 136 valence electrons. The SMILES string of the molecule is [2H]C([2H])([2H])CCCCc1cc(O)c2c(c1)OC(C)(C)[C@@H]1CCC(C(=O)O)=C[C@@H]21. The number of unbranched alkanes of at least 4 members (excludes halogenated alkanes) is 1. The molecular formula is C21H28O4. The van der Waals surface area contributed by atoms with Crippen LogP contribution in [-0.4, -0.2) is 21.8 Å². The molecule has 2 atom stereocenters. The van der Waals surface area contributed by atoms with Crippen molar-refractivity contribution in [3.8, 4) is 11.5 Å². The molecule has 0 unspecified atom stereocenters. The van der Waals surface area contributed by atoms with Crippen LogP contribution in [0.3, 0.4) is 0 Å². The fourth-order valence-corrected chi connectivity index (χ4v) is 4.19. The number of rotatable bonds is 5. The van der Waals surface area contributed by atoms with Crippen LogP contribution in [0.4, 0.5) is 0 Å². The summed E-state index contributed by atoms with van der Waals surface area (Å²) in [5.74, 6) is -0.284. The number of aryl methyl sites for hydroxylation is 1. The molecule has 3 rings (SSSR count). The minimum atomic E-state index is -1.91. The lowest BCUT2D eigenvalue weighted by molar-refractivity contribution is -0.133. The quantitative estimate of drug-likeness (QED) is 0.751. The summed E-state index contributed by atoms with van der Waals surface area (Å²) in [4.78, 5) is 11.5. The fourth-order valence-electron chi connectivity index (χ4n) is 4.19. The Morgan fingerprint density at radius 1 is 1.40 bits per heavy atom. The third kappa shape index (κ3) is 3.39. The van der Waals surface area contributed by atoms with Crippen molar-refractivity contribution in [2.24, 2.45) is 5.92 Å². The molecule has 0 bridgehead atoms. The summed E-state index contributed by atoms with van der Waals surface area (Å²) in [6, 6.07) is 3.61. The first-order valence-corrected chi connectivity index (χ1v) is 8.97. The summed E-state index contributed by atoms with van der Waals surface area (Å²) in [6.07, 6.45) is 5.12. The van der Waals surface area contributed by atoms with Gasteiger partial charge < -0.3 is 14.9 Å². The minimum absolute atomic E-state index is 0.0964. The summed E-state index contributed by atoms with van der Waals surface area (Å²) in [5, 5.41) is 20.1. The average Bonchev–Trinajstić information content (AvgIpc) is 2.56. The zero-order chi connectivity index (χ0) is 20.7. The first-order chi connectivity index (χ1) is 13.0. The van der Waals surface area contributed by atoms with E-state index in [9.17, 15) is 15.0 Å². The maximum absolute atomic E-state index is 11.5. The highest BCUT2D eigenvalue weighted by Gasteiger charge is 2.46. The fraction of sp³-hybridized carbons (Fsp3) is 0.571. The number of carboxylic acids is 1. The maximum atomic E-state index is 11.5. The summed E-state index contributed by atoms with van der Waals surface area (Å²) in [7, 11) is 0. The Labute approximate surface area is 153 Å². The van der Waals surface area contributed by atoms with Gasteiger partial charge in [0.1, 0.15) is 17.1 Å². The first kappa shape index (κ1) is 14.2. The van der Waals surface area contributed by atoms with Crippen LogP contribution in [0.15, 0.2) is 23.8 Å². The lowest BCUT2D eigenvalue weighted by Crippen LogP contribution is -2.45. The summed E-state index contributed by atoms with van der Waals surface area (Å²) in [6.45, 7) is 2.11. The van der Waals surface area contributed by atoms with Crippen molar-refractivity contribution in [3.63, 3.8) is 0 Å². The van der Waals surface area contributed by atoms with Gasteiger partial charge in [0.2, 0.25) is 0 Å². The van der Waals surface area contributed by atoms with Crippen LogP contribution in [0.2, 0.25) is 0 Å². The third-order valence-corrected chi connectivity index (χ3v) is 5.49. The average molecular weight is 347 g/mol. The van der Waals surface area contributed by atoms with E-state index in [2.05, 4.69) is 0 Å². The van der Waals surface area contributed by atoms with E-state index < -0.39 is 18.4 Å². The van der Waals surface area contributed by atoms with Gasteiger partial charge >= 0.3 is 5.97 Å². The molecule has 2 N–H and O–H groups in total. The molecule has 0 fully saturated rings. The van der Waals surface area contributed by atoms with Crippen LogP contribution in [0.25, 0.3) is 0 Å². The van der Waals surface area contributed by atoms with Crippen LogP contribution in [0, 0.1) is 5.92 Å². The second-order valence-corrected chi connectivity index (χ2v) is 7.61. The van der Waals surface area contributed by atoms with Gasteiger partial charge in [-0.3, -0.25) is 0 Å².